The summed E-state index contributed by atoms with van der Waals surface area (Å²) >= 11 is 0. The van der Waals surface area contributed by atoms with Crippen LogP contribution in [-0.4, -0.2) is 34.2 Å². The number of methoxy groups -OCH3 is 1. The molecule has 2 aromatic carbocycles. The Morgan fingerprint density at radius 3 is 2.62 bits per heavy atom. The first-order valence-electron chi connectivity index (χ1n) is 9.36. The van der Waals surface area contributed by atoms with Crippen LogP contribution in [0.4, 0.5) is 5.82 Å². The van der Waals surface area contributed by atoms with E-state index in [0.717, 1.165) is 17.5 Å². The van der Waals surface area contributed by atoms with E-state index in [1.807, 2.05) is 35.2 Å². The van der Waals surface area contributed by atoms with E-state index in [9.17, 15) is 10.1 Å². The summed E-state index contributed by atoms with van der Waals surface area (Å²) in [5, 5.41) is 14.0. The molecule has 146 valence electrons. The van der Waals surface area contributed by atoms with E-state index in [-0.39, 0.29) is 23.8 Å². The Balaban J connectivity index is 1.57. The number of fused-ring (bicyclic) bond motifs is 1. The second-order valence-electron chi connectivity index (χ2n) is 6.94. The minimum Gasteiger partial charge on any atom is -0.497 e. The summed E-state index contributed by atoms with van der Waals surface area (Å²) in [5.41, 5.74) is 10.1. The fourth-order valence-corrected chi connectivity index (χ4v) is 3.59. The van der Waals surface area contributed by atoms with Crippen LogP contribution in [0.5, 0.6) is 5.75 Å². The number of nitrogen functional groups attached to an aromatic ring is 1. The van der Waals surface area contributed by atoms with Crippen molar-refractivity contribution in [1.82, 2.24) is 14.7 Å². The van der Waals surface area contributed by atoms with Gasteiger partial charge < -0.3 is 15.4 Å². The van der Waals surface area contributed by atoms with E-state index in [0.29, 0.717) is 24.5 Å². The van der Waals surface area contributed by atoms with Gasteiger partial charge in [0.2, 0.25) is 5.91 Å². The van der Waals surface area contributed by atoms with Crippen LogP contribution in [-0.2, 0) is 24.3 Å². The summed E-state index contributed by atoms with van der Waals surface area (Å²) in [5.74, 6) is 0.837. The summed E-state index contributed by atoms with van der Waals surface area (Å²) in [6.45, 7) is 1.24. The van der Waals surface area contributed by atoms with Crippen LogP contribution in [0, 0.1) is 11.3 Å². The molecule has 1 aliphatic rings. The molecule has 2 heterocycles. The maximum atomic E-state index is 12.9. The lowest BCUT2D eigenvalue weighted by Gasteiger charge is -2.29. The molecule has 0 spiro atoms. The number of carbonyl (C=O) groups excluding carboxylic acids is 1. The number of nitriles is 1. The summed E-state index contributed by atoms with van der Waals surface area (Å²) in [7, 11) is 1.59. The van der Waals surface area contributed by atoms with Gasteiger partial charge in [0.05, 0.1) is 7.11 Å². The quantitative estimate of drug-likeness (QED) is 0.742. The minimum atomic E-state index is -0.0699. The van der Waals surface area contributed by atoms with Gasteiger partial charge in [0.15, 0.2) is 0 Å². The zero-order chi connectivity index (χ0) is 20.4. The molecule has 0 saturated heterocycles. The first kappa shape index (κ1) is 18.6. The van der Waals surface area contributed by atoms with Crippen molar-refractivity contribution in [3.63, 3.8) is 0 Å². The number of hydrogen-bond acceptors (Lipinski definition) is 5. The second kappa shape index (κ2) is 7.68. The first-order chi connectivity index (χ1) is 14.1. The molecule has 0 fully saturated rings. The number of nitrogens with two attached hydrogens (primary N) is 1. The highest BCUT2D eigenvalue weighted by Gasteiger charge is 2.23. The van der Waals surface area contributed by atoms with Crippen LogP contribution in [0.2, 0.25) is 0 Å². The molecule has 1 aromatic heterocycles. The molecule has 0 atom stereocenters. The lowest BCUT2D eigenvalue weighted by Crippen LogP contribution is -2.38. The summed E-state index contributed by atoms with van der Waals surface area (Å²) in [4.78, 5) is 14.7. The van der Waals surface area contributed by atoms with Gasteiger partial charge in [-0.05, 0) is 41.8 Å². The molecule has 1 aliphatic heterocycles. The SMILES string of the molecule is COc1ccc(-c2nn(CC(=O)N3CCc4ccccc4C3)c(N)c2C#N)cc1. The smallest absolute Gasteiger partial charge is 0.244 e. The molecule has 29 heavy (non-hydrogen) atoms. The Morgan fingerprint density at radius 1 is 1.21 bits per heavy atom. The number of carbonyl (C=O) groups is 1. The van der Waals surface area contributed by atoms with E-state index < -0.39 is 0 Å². The van der Waals surface area contributed by atoms with Gasteiger partial charge in [-0.15, -0.1) is 0 Å². The number of nitrogens with zero attached hydrogens (tertiary/aromatic N) is 4. The Morgan fingerprint density at radius 2 is 1.93 bits per heavy atom. The molecule has 0 unspecified atom stereocenters. The molecule has 3 aromatic rings. The van der Waals surface area contributed by atoms with Crippen LogP contribution >= 0.6 is 0 Å². The molecular formula is C22H21N5O2. The Kier molecular flexibility index (Phi) is 4.92. The molecule has 0 bridgehead atoms. The van der Waals surface area contributed by atoms with Crippen molar-refractivity contribution in [3.05, 3.63) is 65.2 Å². The molecule has 0 radical (unpaired) electrons. The lowest BCUT2D eigenvalue weighted by molar-refractivity contribution is -0.132. The van der Waals surface area contributed by atoms with Crippen molar-refractivity contribution >= 4 is 11.7 Å². The zero-order valence-corrected chi connectivity index (χ0v) is 16.1. The molecule has 7 heteroatoms. The van der Waals surface area contributed by atoms with Gasteiger partial charge in [-0.3, -0.25) is 4.79 Å². The van der Waals surface area contributed by atoms with Crippen LogP contribution in [0.1, 0.15) is 16.7 Å². The topological polar surface area (TPSA) is 97.2 Å². The fourth-order valence-electron chi connectivity index (χ4n) is 3.59. The van der Waals surface area contributed by atoms with Gasteiger partial charge in [-0.25, -0.2) is 4.68 Å². The Hall–Kier alpha value is -3.79. The highest BCUT2D eigenvalue weighted by atomic mass is 16.5. The molecule has 2 N–H and O–H groups in total. The summed E-state index contributed by atoms with van der Waals surface area (Å²) in [6.07, 6.45) is 0.830. The van der Waals surface area contributed by atoms with Gasteiger partial charge in [-0.1, -0.05) is 24.3 Å². The van der Waals surface area contributed by atoms with Crippen molar-refractivity contribution in [2.45, 2.75) is 19.5 Å². The van der Waals surface area contributed by atoms with Crippen molar-refractivity contribution in [2.24, 2.45) is 0 Å². The maximum Gasteiger partial charge on any atom is 0.244 e. The molecule has 0 saturated carbocycles. The number of amides is 1. The normalized spacial score (nSPS) is 12.9. The minimum absolute atomic E-state index is 0.00116. The largest absolute Gasteiger partial charge is 0.497 e. The highest BCUT2D eigenvalue weighted by Crippen LogP contribution is 2.28. The predicted octanol–water partition coefficient (Wildman–Crippen LogP) is 2.60. The third kappa shape index (κ3) is 3.52. The van der Waals surface area contributed by atoms with Gasteiger partial charge in [0.1, 0.15) is 35.4 Å². The van der Waals surface area contributed by atoms with Gasteiger partial charge in [0, 0.05) is 18.7 Å². The van der Waals surface area contributed by atoms with E-state index in [1.165, 1.54) is 10.2 Å². The van der Waals surface area contributed by atoms with Crippen LogP contribution in [0.25, 0.3) is 11.3 Å². The number of anilines is 1. The first-order valence-corrected chi connectivity index (χ1v) is 9.36. The number of hydrogen-bond donors (Lipinski definition) is 1. The average molecular weight is 387 g/mol. The van der Waals surface area contributed by atoms with Gasteiger partial charge >= 0.3 is 0 Å². The number of benzene rings is 2. The predicted molar refractivity (Wildman–Crippen MR) is 109 cm³/mol. The van der Waals surface area contributed by atoms with E-state index in [1.54, 1.807) is 19.2 Å². The zero-order valence-electron chi connectivity index (χ0n) is 16.1. The average Bonchev–Trinajstić information content (AvgIpc) is 3.08. The fraction of sp³-hybridized carbons (Fsp3) is 0.227. The van der Waals surface area contributed by atoms with E-state index >= 15 is 0 Å². The number of rotatable bonds is 4. The Labute approximate surface area is 168 Å². The third-order valence-corrected chi connectivity index (χ3v) is 5.24. The Bertz CT molecular complexity index is 1100. The van der Waals surface area contributed by atoms with Crippen LogP contribution in [0.15, 0.2) is 48.5 Å². The monoisotopic (exact) mass is 387 g/mol. The van der Waals surface area contributed by atoms with Gasteiger partial charge in [0.25, 0.3) is 0 Å². The molecule has 4 rings (SSSR count). The highest BCUT2D eigenvalue weighted by molar-refractivity contribution is 5.78. The van der Waals surface area contributed by atoms with Crippen LogP contribution in [0.3, 0.4) is 0 Å². The van der Waals surface area contributed by atoms with E-state index in [4.69, 9.17) is 10.5 Å². The standard InChI is InChI=1S/C22H21N5O2/c1-29-18-8-6-16(7-9-18)21-19(12-23)22(24)27(25-21)14-20(28)26-11-10-15-4-2-3-5-17(15)13-26/h2-9H,10-11,13-14,24H2,1H3. The number of aromatic nitrogens is 2. The molecule has 7 nitrogen and oxygen atoms in total. The van der Waals surface area contributed by atoms with Crippen molar-refractivity contribution in [1.29, 1.82) is 5.26 Å². The van der Waals surface area contributed by atoms with Crippen molar-refractivity contribution in [3.8, 4) is 23.1 Å². The summed E-state index contributed by atoms with van der Waals surface area (Å²) < 4.78 is 6.59. The molecule has 1 amide bonds. The second-order valence-corrected chi connectivity index (χ2v) is 6.94. The molecule has 0 aliphatic carbocycles. The lowest BCUT2D eigenvalue weighted by atomic mass is 10.00. The van der Waals surface area contributed by atoms with Crippen molar-refractivity contribution < 1.29 is 9.53 Å². The van der Waals surface area contributed by atoms with Crippen LogP contribution < -0.4 is 10.5 Å². The summed E-state index contributed by atoms with van der Waals surface area (Å²) in [6, 6.07) is 17.5. The molecular weight excluding hydrogens is 366 g/mol. The number of ether oxygens (including phenoxy) is 1. The maximum absolute atomic E-state index is 12.9. The van der Waals surface area contributed by atoms with E-state index in [2.05, 4.69) is 17.2 Å². The van der Waals surface area contributed by atoms with Gasteiger partial charge in [-0.2, -0.15) is 10.4 Å². The van der Waals surface area contributed by atoms with Crippen molar-refractivity contribution in [2.75, 3.05) is 19.4 Å². The third-order valence-electron chi connectivity index (χ3n) is 5.24.